The molecular formula is C33H52O9S. The second-order valence-corrected chi connectivity index (χ2v) is 13.2. The molecule has 0 spiro atoms. The fourth-order valence-electron chi connectivity index (χ4n) is 6.83. The second-order valence-electron chi connectivity index (χ2n) is 12.5. The number of rotatable bonds is 19. The van der Waals surface area contributed by atoms with Crippen molar-refractivity contribution in [3.63, 3.8) is 0 Å². The van der Waals surface area contributed by atoms with Gasteiger partial charge in [0, 0.05) is 4.90 Å². The number of hydrogen-bond acceptors (Lipinski definition) is 10. The van der Waals surface area contributed by atoms with Crippen LogP contribution in [-0.2, 0) is 46.9 Å². The molecule has 0 unspecified atom stereocenters. The van der Waals surface area contributed by atoms with E-state index in [2.05, 4.69) is 5.04 Å². The van der Waals surface area contributed by atoms with Crippen molar-refractivity contribution >= 4 is 18.0 Å². The summed E-state index contributed by atoms with van der Waals surface area (Å²) in [5.74, 6) is 1.60. The lowest BCUT2D eigenvalue weighted by Gasteiger charge is -2.21. The Morgan fingerprint density at radius 1 is 0.651 bits per heavy atom. The molecule has 0 aromatic heterocycles. The lowest BCUT2D eigenvalue weighted by atomic mass is 9.87. The highest BCUT2D eigenvalue weighted by Gasteiger charge is 2.21. The molecule has 4 rings (SSSR count). The van der Waals surface area contributed by atoms with E-state index in [1.165, 1.54) is 96.3 Å². The van der Waals surface area contributed by atoms with Crippen molar-refractivity contribution in [3.8, 4) is 0 Å². The summed E-state index contributed by atoms with van der Waals surface area (Å²) in [4.78, 5) is 36.0. The summed E-state index contributed by atoms with van der Waals surface area (Å²) in [6.07, 6.45) is 21.9. The van der Waals surface area contributed by atoms with Crippen LogP contribution >= 0.6 is 12.0 Å². The fraction of sp³-hybridized carbons (Fsp3) is 0.788. The van der Waals surface area contributed by atoms with Crippen LogP contribution in [0.3, 0.4) is 0 Å². The highest BCUT2D eigenvalue weighted by molar-refractivity contribution is 7.94. The van der Waals surface area contributed by atoms with E-state index in [0.717, 1.165) is 31.3 Å². The molecule has 0 bridgehead atoms. The van der Waals surface area contributed by atoms with E-state index in [9.17, 15) is 4.79 Å². The lowest BCUT2D eigenvalue weighted by Crippen LogP contribution is -2.14. The quantitative estimate of drug-likeness (QED) is 0.0527. The molecule has 3 aliphatic carbocycles. The van der Waals surface area contributed by atoms with Gasteiger partial charge in [-0.05, 0) is 60.3 Å². The van der Waals surface area contributed by atoms with E-state index in [1.54, 1.807) is 12.1 Å². The standard InChI is InChI=1S/C33H52O9S/c34-33(36-19-16-26-10-4-1-5-11-26)29-22-30(24-39-37-20-17-27-12-6-2-7-13-27)32(43-42-41-35)31(23-29)25-40-38-21-18-28-14-8-3-9-15-28/h22-23,26-28,35H,1-21,24-25H2. The van der Waals surface area contributed by atoms with Crippen LogP contribution in [0.2, 0.25) is 0 Å². The Morgan fingerprint density at radius 3 is 1.53 bits per heavy atom. The van der Waals surface area contributed by atoms with Gasteiger partial charge in [0.25, 0.3) is 0 Å². The van der Waals surface area contributed by atoms with E-state index in [0.29, 0.717) is 59.2 Å². The molecule has 0 heterocycles. The van der Waals surface area contributed by atoms with Crippen LogP contribution in [-0.4, -0.2) is 31.0 Å². The number of carbonyl (C=O) groups is 1. The minimum absolute atomic E-state index is 0.0700. The number of esters is 1. The van der Waals surface area contributed by atoms with Crippen LogP contribution in [0.25, 0.3) is 0 Å². The van der Waals surface area contributed by atoms with Crippen molar-refractivity contribution in [2.24, 2.45) is 17.8 Å². The molecule has 1 N–H and O–H groups in total. The predicted octanol–water partition coefficient (Wildman–Crippen LogP) is 9.08. The highest BCUT2D eigenvalue weighted by atomic mass is 32.2. The van der Waals surface area contributed by atoms with Gasteiger partial charge in [0.05, 0.1) is 37.4 Å². The Labute approximate surface area is 261 Å². The molecule has 3 saturated carbocycles. The van der Waals surface area contributed by atoms with Crippen molar-refractivity contribution in [1.82, 2.24) is 0 Å². The molecule has 3 aliphatic rings. The summed E-state index contributed by atoms with van der Waals surface area (Å²) >= 11 is 0.808. The van der Waals surface area contributed by atoms with Crippen molar-refractivity contribution < 1.29 is 43.7 Å². The number of ether oxygens (including phenoxy) is 1. The van der Waals surface area contributed by atoms with Crippen molar-refractivity contribution in [3.05, 3.63) is 28.8 Å². The molecule has 43 heavy (non-hydrogen) atoms. The van der Waals surface area contributed by atoms with Gasteiger partial charge >= 0.3 is 5.97 Å². The molecule has 0 saturated heterocycles. The second kappa shape index (κ2) is 20.7. The Bertz CT molecular complexity index is 863. The summed E-state index contributed by atoms with van der Waals surface area (Å²) in [7, 11) is 0. The van der Waals surface area contributed by atoms with Crippen LogP contribution < -0.4 is 0 Å². The van der Waals surface area contributed by atoms with Gasteiger partial charge in [0.1, 0.15) is 13.2 Å². The Hall–Kier alpha value is -1.24. The maximum Gasteiger partial charge on any atom is 0.338 e. The first-order valence-electron chi connectivity index (χ1n) is 16.7. The third-order valence-electron chi connectivity index (χ3n) is 9.37. The lowest BCUT2D eigenvalue weighted by molar-refractivity contribution is -0.432. The molecule has 10 heteroatoms. The molecule has 3 fully saturated rings. The molecule has 0 aliphatic heterocycles. The van der Waals surface area contributed by atoms with Gasteiger partial charge in [-0.2, -0.15) is 0 Å². The third-order valence-corrected chi connectivity index (χ3v) is 10.2. The smallest absolute Gasteiger partial charge is 0.338 e. The minimum atomic E-state index is -0.398. The van der Waals surface area contributed by atoms with Crippen molar-refractivity contribution in [2.45, 2.75) is 134 Å². The van der Waals surface area contributed by atoms with Gasteiger partial charge in [-0.3, -0.25) is 0 Å². The van der Waals surface area contributed by atoms with Gasteiger partial charge < -0.3 is 4.74 Å². The first kappa shape index (κ1) is 34.6. The topological polar surface area (TPSA) is 102 Å². The van der Waals surface area contributed by atoms with E-state index in [-0.39, 0.29) is 13.2 Å². The van der Waals surface area contributed by atoms with E-state index >= 15 is 0 Å². The van der Waals surface area contributed by atoms with Crippen LogP contribution in [0.5, 0.6) is 0 Å². The van der Waals surface area contributed by atoms with Crippen LogP contribution in [0.1, 0.15) is 137 Å². The third kappa shape index (κ3) is 13.0. The maximum atomic E-state index is 13.1. The largest absolute Gasteiger partial charge is 0.462 e. The highest BCUT2D eigenvalue weighted by Crippen LogP contribution is 2.32. The maximum absolute atomic E-state index is 13.1. The van der Waals surface area contributed by atoms with Crippen molar-refractivity contribution in [2.75, 3.05) is 19.8 Å². The van der Waals surface area contributed by atoms with Gasteiger partial charge in [0.15, 0.2) is 0 Å². The zero-order valence-electron chi connectivity index (χ0n) is 25.8. The van der Waals surface area contributed by atoms with Gasteiger partial charge in [-0.25, -0.2) is 29.6 Å². The summed E-state index contributed by atoms with van der Waals surface area (Å²) in [5.41, 5.74) is 1.64. The molecule has 0 amide bonds. The molecule has 244 valence electrons. The van der Waals surface area contributed by atoms with Crippen LogP contribution in [0, 0.1) is 17.8 Å². The van der Waals surface area contributed by atoms with Crippen LogP contribution in [0.4, 0.5) is 0 Å². The SMILES string of the molecule is O=C(OCCC1CCCCC1)c1cc(COOCCC2CCCCC2)c(SOOO)c(COOCCC2CCCCC2)c1. The monoisotopic (exact) mass is 624 g/mol. The predicted molar refractivity (Wildman–Crippen MR) is 162 cm³/mol. The zero-order valence-corrected chi connectivity index (χ0v) is 26.6. The van der Waals surface area contributed by atoms with Gasteiger partial charge in [-0.15, -0.1) is 4.33 Å². The first-order chi connectivity index (χ1) is 21.2. The number of benzene rings is 1. The van der Waals surface area contributed by atoms with Gasteiger partial charge in [-0.1, -0.05) is 101 Å². The summed E-state index contributed by atoms with van der Waals surface area (Å²) in [6.45, 7) is 1.56. The number of carbonyl (C=O) groups excluding carboxylic acids is 1. The van der Waals surface area contributed by atoms with E-state index < -0.39 is 5.97 Å². The van der Waals surface area contributed by atoms with Crippen LogP contribution in [0.15, 0.2) is 17.0 Å². The molecule has 1 aromatic carbocycles. The first-order valence-corrected chi connectivity index (χ1v) is 17.4. The number of hydrogen-bond donors (Lipinski definition) is 1. The molecule has 1 aromatic rings. The normalized spacial score (nSPS) is 19.1. The Morgan fingerprint density at radius 2 is 1.09 bits per heavy atom. The van der Waals surface area contributed by atoms with Crippen molar-refractivity contribution in [1.29, 1.82) is 0 Å². The summed E-state index contributed by atoms with van der Waals surface area (Å²) in [6, 6.07) is 3.42. The average Bonchev–Trinajstić information content (AvgIpc) is 3.05. The molecule has 0 atom stereocenters. The average molecular weight is 625 g/mol. The fourth-order valence-corrected chi connectivity index (χ4v) is 7.38. The molecule has 9 nitrogen and oxygen atoms in total. The molecule has 0 radical (unpaired) electrons. The van der Waals surface area contributed by atoms with Gasteiger partial charge in [0.2, 0.25) is 0 Å². The Balaban J connectivity index is 1.36. The summed E-state index contributed by atoms with van der Waals surface area (Å²) in [5, 5.41) is 12.8. The zero-order chi connectivity index (χ0) is 30.0. The van der Waals surface area contributed by atoms with E-state index in [4.69, 9.17) is 33.9 Å². The minimum Gasteiger partial charge on any atom is -0.462 e. The van der Waals surface area contributed by atoms with E-state index in [1.807, 2.05) is 0 Å². The Kier molecular flexibility index (Phi) is 16.7. The molecular weight excluding hydrogens is 572 g/mol. The summed E-state index contributed by atoms with van der Waals surface area (Å²) < 4.78 is 10.5.